The molecule has 2 aromatic rings. The third kappa shape index (κ3) is 3.33. The molecule has 0 amide bonds. The number of nitrogens with zero attached hydrogens (tertiary/aromatic N) is 2. The highest BCUT2D eigenvalue weighted by molar-refractivity contribution is 9.10. The Bertz CT molecular complexity index is 514. The fourth-order valence-corrected chi connectivity index (χ4v) is 3.08. The van der Waals surface area contributed by atoms with Crippen LogP contribution in [0.25, 0.3) is 0 Å². The summed E-state index contributed by atoms with van der Waals surface area (Å²) in [6.07, 6.45) is 1.83. The van der Waals surface area contributed by atoms with E-state index in [4.69, 9.17) is 0 Å². The molecular weight excluding hydrogens is 356 g/mol. The van der Waals surface area contributed by atoms with Crippen LogP contribution in [0.5, 0.6) is 0 Å². The van der Waals surface area contributed by atoms with Crippen molar-refractivity contribution < 1.29 is 0 Å². The molecule has 0 N–H and O–H groups in total. The van der Waals surface area contributed by atoms with Gasteiger partial charge in [0.15, 0.2) is 0 Å². The predicted molar refractivity (Wildman–Crippen MR) is 83.1 cm³/mol. The summed E-state index contributed by atoms with van der Waals surface area (Å²) in [5.74, 6) is 0. The smallest absolute Gasteiger partial charge is 0.0598 e. The molecule has 1 aromatic heterocycles. The number of hydrogen-bond acceptors (Lipinski definition) is 2. The van der Waals surface area contributed by atoms with Crippen LogP contribution in [0.15, 0.2) is 47.1 Å². The van der Waals surface area contributed by atoms with Gasteiger partial charge in [0.2, 0.25) is 0 Å². The molecule has 0 unspecified atom stereocenters. The Kier molecular flexibility index (Phi) is 4.78. The molecule has 18 heavy (non-hydrogen) atoms. The standard InChI is InChI=1S/C14H14Br2N2/c1-18(10-12-4-2-3-7-17-12)13-6-5-11(9-15)14(16)8-13/h2-8H,9-10H2,1H3. The molecule has 0 saturated carbocycles. The van der Waals surface area contributed by atoms with E-state index in [-0.39, 0.29) is 0 Å². The fourth-order valence-electron chi connectivity index (χ4n) is 1.71. The summed E-state index contributed by atoms with van der Waals surface area (Å²) in [6.45, 7) is 0.806. The lowest BCUT2D eigenvalue weighted by atomic mass is 10.2. The molecule has 1 aromatic carbocycles. The molecule has 2 nitrogen and oxygen atoms in total. The topological polar surface area (TPSA) is 16.1 Å². The predicted octanol–water partition coefficient (Wildman–Crippen LogP) is 4.38. The highest BCUT2D eigenvalue weighted by atomic mass is 79.9. The van der Waals surface area contributed by atoms with E-state index < -0.39 is 0 Å². The lowest BCUT2D eigenvalue weighted by Gasteiger charge is -2.19. The van der Waals surface area contributed by atoms with Gasteiger partial charge in [-0.1, -0.05) is 44.0 Å². The maximum atomic E-state index is 4.34. The van der Waals surface area contributed by atoms with Gasteiger partial charge in [-0.3, -0.25) is 4.98 Å². The van der Waals surface area contributed by atoms with Crippen LogP contribution < -0.4 is 4.90 Å². The van der Waals surface area contributed by atoms with Crippen molar-refractivity contribution in [2.75, 3.05) is 11.9 Å². The molecule has 0 atom stereocenters. The Labute approximate surface area is 124 Å². The molecular formula is C14H14Br2N2. The van der Waals surface area contributed by atoms with Gasteiger partial charge < -0.3 is 4.90 Å². The average Bonchev–Trinajstić information content (AvgIpc) is 2.39. The van der Waals surface area contributed by atoms with Crippen LogP contribution in [0, 0.1) is 0 Å². The molecule has 0 bridgehead atoms. The minimum absolute atomic E-state index is 0.806. The normalized spacial score (nSPS) is 10.4. The second-order valence-corrected chi connectivity index (χ2v) is 5.50. The number of hydrogen-bond donors (Lipinski definition) is 0. The van der Waals surface area contributed by atoms with Crippen LogP contribution in [0.4, 0.5) is 5.69 Å². The third-order valence-electron chi connectivity index (χ3n) is 2.75. The molecule has 2 rings (SSSR count). The van der Waals surface area contributed by atoms with Gasteiger partial charge in [0.1, 0.15) is 0 Å². The molecule has 0 aliphatic rings. The van der Waals surface area contributed by atoms with Crippen molar-refractivity contribution in [3.05, 3.63) is 58.3 Å². The van der Waals surface area contributed by atoms with Gasteiger partial charge in [-0.15, -0.1) is 0 Å². The molecule has 4 heteroatoms. The molecule has 0 fully saturated rings. The SMILES string of the molecule is CN(Cc1ccccn1)c1ccc(CBr)c(Br)c1. The number of anilines is 1. The molecule has 0 aliphatic carbocycles. The second kappa shape index (κ2) is 6.34. The molecule has 0 spiro atoms. The third-order valence-corrected chi connectivity index (χ3v) is 4.09. The lowest BCUT2D eigenvalue weighted by Crippen LogP contribution is -2.17. The van der Waals surface area contributed by atoms with Crippen molar-refractivity contribution in [3.8, 4) is 0 Å². The van der Waals surface area contributed by atoms with Crippen LogP contribution in [-0.4, -0.2) is 12.0 Å². The average molecular weight is 370 g/mol. The fraction of sp³-hybridized carbons (Fsp3) is 0.214. The van der Waals surface area contributed by atoms with E-state index in [9.17, 15) is 0 Å². The maximum absolute atomic E-state index is 4.34. The summed E-state index contributed by atoms with van der Waals surface area (Å²) in [5, 5.41) is 0.859. The van der Waals surface area contributed by atoms with Crippen LogP contribution in [0.3, 0.4) is 0 Å². The van der Waals surface area contributed by atoms with E-state index in [1.165, 1.54) is 11.3 Å². The summed E-state index contributed by atoms with van der Waals surface area (Å²) < 4.78 is 1.13. The van der Waals surface area contributed by atoms with Crippen molar-refractivity contribution in [1.82, 2.24) is 4.98 Å². The highest BCUT2D eigenvalue weighted by Crippen LogP contribution is 2.25. The molecule has 94 valence electrons. The van der Waals surface area contributed by atoms with Gasteiger partial charge >= 0.3 is 0 Å². The summed E-state index contributed by atoms with van der Waals surface area (Å²) in [6, 6.07) is 12.4. The quantitative estimate of drug-likeness (QED) is 0.743. The van der Waals surface area contributed by atoms with Crippen molar-refractivity contribution >= 4 is 37.5 Å². The van der Waals surface area contributed by atoms with Crippen molar-refractivity contribution in [2.45, 2.75) is 11.9 Å². The Balaban J connectivity index is 2.14. The van der Waals surface area contributed by atoms with Gasteiger partial charge in [0.25, 0.3) is 0 Å². The number of alkyl halides is 1. The minimum Gasteiger partial charge on any atom is -0.369 e. The Morgan fingerprint density at radius 3 is 2.67 bits per heavy atom. The zero-order valence-corrected chi connectivity index (χ0v) is 13.3. The lowest BCUT2D eigenvalue weighted by molar-refractivity contribution is 0.884. The number of pyridine rings is 1. The molecule has 1 heterocycles. The summed E-state index contributed by atoms with van der Waals surface area (Å²) >= 11 is 7.06. The minimum atomic E-state index is 0.806. The van der Waals surface area contributed by atoms with Gasteiger partial charge in [0, 0.05) is 28.7 Å². The molecule has 0 aliphatic heterocycles. The molecule has 0 radical (unpaired) electrons. The van der Waals surface area contributed by atoms with Gasteiger partial charge in [-0.2, -0.15) is 0 Å². The van der Waals surface area contributed by atoms with Gasteiger partial charge in [-0.25, -0.2) is 0 Å². The van der Waals surface area contributed by atoms with Crippen LogP contribution >= 0.6 is 31.9 Å². The number of aromatic nitrogens is 1. The van der Waals surface area contributed by atoms with E-state index in [1.54, 1.807) is 0 Å². The number of rotatable bonds is 4. The van der Waals surface area contributed by atoms with Crippen LogP contribution in [-0.2, 0) is 11.9 Å². The first-order chi connectivity index (χ1) is 8.70. The van der Waals surface area contributed by atoms with E-state index in [1.807, 2.05) is 24.4 Å². The largest absolute Gasteiger partial charge is 0.369 e. The Morgan fingerprint density at radius 2 is 2.06 bits per heavy atom. The first-order valence-electron chi connectivity index (χ1n) is 5.66. The van der Waals surface area contributed by atoms with Gasteiger partial charge in [0.05, 0.1) is 12.2 Å². The summed E-state index contributed by atoms with van der Waals surface area (Å²) in [4.78, 5) is 6.53. The maximum Gasteiger partial charge on any atom is 0.0598 e. The first-order valence-corrected chi connectivity index (χ1v) is 7.57. The van der Waals surface area contributed by atoms with Crippen molar-refractivity contribution in [2.24, 2.45) is 0 Å². The second-order valence-electron chi connectivity index (χ2n) is 4.09. The number of halogens is 2. The number of benzene rings is 1. The Morgan fingerprint density at radius 1 is 1.22 bits per heavy atom. The summed E-state index contributed by atoms with van der Waals surface area (Å²) in [7, 11) is 2.07. The van der Waals surface area contributed by atoms with E-state index >= 15 is 0 Å². The Hall–Kier alpha value is -0.870. The van der Waals surface area contributed by atoms with E-state index in [0.29, 0.717) is 0 Å². The summed E-state index contributed by atoms with van der Waals surface area (Å²) in [5.41, 5.74) is 3.50. The van der Waals surface area contributed by atoms with Crippen molar-refractivity contribution in [3.63, 3.8) is 0 Å². The van der Waals surface area contributed by atoms with E-state index in [0.717, 1.165) is 22.0 Å². The zero-order valence-electron chi connectivity index (χ0n) is 10.1. The molecule has 0 saturated heterocycles. The van der Waals surface area contributed by atoms with E-state index in [2.05, 4.69) is 67.0 Å². The highest BCUT2D eigenvalue weighted by Gasteiger charge is 2.05. The van der Waals surface area contributed by atoms with Crippen molar-refractivity contribution in [1.29, 1.82) is 0 Å². The monoisotopic (exact) mass is 368 g/mol. The zero-order chi connectivity index (χ0) is 13.0. The van der Waals surface area contributed by atoms with Crippen LogP contribution in [0.1, 0.15) is 11.3 Å². The first kappa shape index (κ1) is 13.6. The van der Waals surface area contributed by atoms with Gasteiger partial charge in [-0.05, 0) is 29.8 Å². The van der Waals surface area contributed by atoms with Crippen LogP contribution in [0.2, 0.25) is 0 Å².